The zero-order chi connectivity index (χ0) is 13.1. The van der Waals surface area contributed by atoms with E-state index in [0.29, 0.717) is 11.9 Å². The molecule has 98 valence electrons. The van der Waals surface area contributed by atoms with Crippen molar-refractivity contribution in [2.75, 3.05) is 5.88 Å². The van der Waals surface area contributed by atoms with Crippen LogP contribution < -0.4 is 0 Å². The number of aromatic nitrogens is 2. The van der Waals surface area contributed by atoms with Gasteiger partial charge in [-0.15, -0.1) is 11.6 Å². The van der Waals surface area contributed by atoms with Gasteiger partial charge in [0.2, 0.25) is 0 Å². The molecule has 2 rings (SSSR count). The Balaban J connectivity index is 2.60. The summed E-state index contributed by atoms with van der Waals surface area (Å²) in [4.78, 5) is 4.66. The summed E-state index contributed by atoms with van der Waals surface area (Å²) in [6.45, 7) is 4.41. The van der Waals surface area contributed by atoms with E-state index in [1.54, 1.807) is 0 Å². The van der Waals surface area contributed by atoms with Crippen LogP contribution in [0.4, 0.5) is 0 Å². The smallest absolute Gasteiger partial charge is 0.111 e. The number of rotatable bonds is 5. The molecule has 1 heterocycles. The molecule has 0 bridgehead atoms. The lowest BCUT2D eigenvalue weighted by atomic mass is 10.2. The van der Waals surface area contributed by atoms with Gasteiger partial charge in [0.15, 0.2) is 0 Å². The Labute approximate surface area is 118 Å². The van der Waals surface area contributed by atoms with Gasteiger partial charge in [0.05, 0.1) is 16.1 Å². The van der Waals surface area contributed by atoms with Gasteiger partial charge in [-0.05, 0) is 25.5 Å². The molecule has 0 aliphatic heterocycles. The van der Waals surface area contributed by atoms with E-state index >= 15 is 0 Å². The van der Waals surface area contributed by atoms with E-state index in [0.717, 1.165) is 41.1 Å². The molecular weight excluding hydrogens is 267 g/mol. The van der Waals surface area contributed by atoms with Gasteiger partial charge in [-0.2, -0.15) is 0 Å². The SMILES string of the molecule is CCCC(C)n1c(CCCl)nc2cccc(Cl)c21. The van der Waals surface area contributed by atoms with Crippen LogP contribution in [0.3, 0.4) is 0 Å². The number of aryl methyl sites for hydroxylation is 1. The monoisotopic (exact) mass is 284 g/mol. The number of alkyl halides is 1. The Morgan fingerprint density at radius 2 is 2.17 bits per heavy atom. The highest BCUT2D eigenvalue weighted by Crippen LogP contribution is 2.29. The maximum absolute atomic E-state index is 6.33. The molecule has 0 amide bonds. The molecule has 1 unspecified atom stereocenters. The molecule has 0 aliphatic rings. The van der Waals surface area contributed by atoms with E-state index in [1.807, 2.05) is 18.2 Å². The van der Waals surface area contributed by atoms with Crippen LogP contribution in [0.25, 0.3) is 11.0 Å². The summed E-state index contributed by atoms with van der Waals surface area (Å²) in [6.07, 6.45) is 3.04. The molecule has 18 heavy (non-hydrogen) atoms. The van der Waals surface area contributed by atoms with E-state index in [9.17, 15) is 0 Å². The van der Waals surface area contributed by atoms with Crippen molar-refractivity contribution < 1.29 is 0 Å². The minimum Gasteiger partial charge on any atom is -0.324 e. The Morgan fingerprint density at radius 3 is 2.83 bits per heavy atom. The second-order valence-electron chi connectivity index (χ2n) is 4.58. The minimum absolute atomic E-state index is 0.401. The third-order valence-corrected chi connectivity index (χ3v) is 3.69. The average Bonchev–Trinajstić information content (AvgIpc) is 2.69. The molecule has 2 aromatic rings. The van der Waals surface area contributed by atoms with E-state index < -0.39 is 0 Å². The Hall–Kier alpha value is -0.730. The molecule has 0 saturated carbocycles. The number of benzene rings is 1. The summed E-state index contributed by atoms with van der Waals surface area (Å²) in [7, 11) is 0. The lowest BCUT2D eigenvalue weighted by Crippen LogP contribution is -2.10. The van der Waals surface area contributed by atoms with Crippen molar-refractivity contribution in [3.05, 3.63) is 29.0 Å². The molecule has 0 spiro atoms. The lowest BCUT2D eigenvalue weighted by molar-refractivity contribution is 0.496. The molecule has 0 N–H and O–H groups in total. The number of nitrogens with zero attached hydrogens (tertiary/aromatic N) is 2. The van der Waals surface area contributed by atoms with Crippen molar-refractivity contribution in [2.24, 2.45) is 0 Å². The number of hydrogen-bond acceptors (Lipinski definition) is 1. The topological polar surface area (TPSA) is 17.8 Å². The van der Waals surface area contributed by atoms with Crippen LogP contribution in [0.1, 0.15) is 38.6 Å². The fourth-order valence-electron chi connectivity index (χ4n) is 2.44. The molecule has 0 radical (unpaired) electrons. The van der Waals surface area contributed by atoms with Gasteiger partial charge in [-0.3, -0.25) is 0 Å². The third kappa shape index (κ3) is 2.50. The lowest BCUT2D eigenvalue weighted by Gasteiger charge is -2.17. The fourth-order valence-corrected chi connectivity index (χ4v) is 2.87. The maximum atomic E-state index is 6.33. The van der Waals surface area contributed by atoms with Gasteiger partial charge in [0.25, 0.3) is 0 Å². The second kappa shape index (κ2) is 5.94. The first-order valence-electron chi connectivity index (χ1n) is 6.40. The fraction of sp³-hybridized carbons (Fsp3) is 0.500. The summed E-state index contributed by atoms with van der Waals surface area (Å²) >= 11 is 12.2. The summed E-state index contributed by atoms with van der Waals surface area (Å²) < 4.78 is 2.25. The van der Waals surface area contributed by atoms with Gasteiger partial charge < -0.3 is 4.57 Å². The number of fused-ring (bicyclic) bond motifs is 1. The maximum Gasteiger partial charge on any atom is 0.111 e. The van der Waals surface area contributed by atoms with Crippen LogP contribution in [0.15, 0.2) is 18.2 Å². The predicted octanol–water partition coefficient (Wildman–Crippen LogP) is 4.83. The van der Waals surface area contributed by atoms with E-state index in [2.05, 4.69) is 23.4 Å². The van der Waals surface area contributed by atoms with Crippen molar-refractivity contribution in [2.45, 2.75) is 39.2 Å². The van der Waals surface area contributed by atoms with E-state index in [4.69, 9.17) is 23.2 Å². The highest BCUT2D eigenvalue weighted by atomic mass is 35.5. The van der Waals surface area contributed by atoms with Crippen LogP contribution in [0, 0.1) is 0 Å². The highest BCUT2D eigenvalue weighted by molar-refractivity contribution is 6.35. The quantitative estimate of drug-likeness (QED) is 0.719. The summed E-state index contributed by atoms with van der Waals surface area (Å²) in [5.74, 6) is 1.62. The molecule has 1 aromatic carbocycles. The van der Waals surface area contributed by atoms with Crippen molar-refractivity contribution in [3.63, 3.8) is 0 Å². The predicted molar refractivity (Wildman–Crippen MR) is 78.8 cm³/mol. The highest BCUT2D eigenvalue weighted by Gasteiger charge is 2.16. The normalized spacial score (nSPS) is 13.1. The van der Waals surface area contributed by atoms with Gasteiger partial charge in [0, 0.05) is 18.3 Å². The van der Waals surface area contributed by atoms with E-state index in [1.165, 1.54) is 0 Å². The standard InChI is InChI=1S/C14H18Cl2N2/c1-3-5-10(2)18-13(8-9-15)17-12-7-4-6-11(16)14(12)18/h4,6-7,10H,3,5,8-9H2,1-2H3. The molecule has 1 atom stereocenters. The Morgan fingerprint density at radius 1 is 1.39 bits per heavy atom. The third-order valence-electron chi connectivity index (χ3n) is 3.20. The first-order valence-corrected chi connectivity index (χ1v) is 7.31. The zero-order valence-electron chi connectivity index (χ0n) is 10.8. The molecular formula is C14H18Cl2N2. The van der Waals surface area contributed by atoms with Crippen molar-refractivity contribution in [3.8, 4) is 0 Å². The molecule has 0 fully saturated rings. The number of para-hydroxylation sites is 1. The molecule has 0 saturated heterocycles. The first-order chi connectivity index (χ1) is 8.69. The largest absolute Gasteiger partial charge is 0.324 e. The number of imidazole rings is 1. The number of halogens is 2. The zero-order valence-corrected chi connectivity index (χ0v) is 12.3. The van der Waals surface area contributed by atoms with E-state index in [-0.39, 0.29) is 0 Å². The van der Waals surface area contributed by atoms with Crippen LogP contribution in [-0.2, 0) is 6.42 Å². The molecule has 1 aromatic heterocycles. The Bertz CT molecular complexity index is 534. The van der Waals surface area contributed by atoms with Crippen LogP contribution in [0.5, 0.6) is 0 Å². The minimum atomic E-state index is 0.401. The summed E-state index contributed by atoms with van der Waals surface area (Å²) in [5.41, 5.74) is 2.01. The molecule has 2 nitrogen and oxygen atoms in total. The summed E-state index contributed by atoms with van der Waals surface area (Å²) in [6, 6.07) is 6.27. The molecule has 4 heteroatoms. The van der Waals surface area contributed by atoms with Crippen molar-refractivity contribution in [1.29, 1.82) is 0 Å². The van der Waals surface area contributed by atoms with Crippen molar-refractivity contribution in [1.82, 2.24) is 9.55 Å². The summed E-state index contributed by atoms with van der Waals surface area (Å²) in [5, 5.41) is 0.767. The number of hydrogen-bond donors (Lipinski definition) is 0. The van der Waals surface area contributed by atoms with Crippen LogP contribution >= 0.6 is 23.2 Å². The van der Waals surface area contributed by atoms with Gasteiger partial charge in [-0.25, -0.2) is 4.98 Å². The van der Waals surface area contributed by atoms with Crippen LogP contribution in [-0.4, -0.2) is 15.4 Å². The van der Waals surface area contributed by atoms with Gasteiger partial charge in [-0.1, -0.05) is 31.0 Å². The van der Waals surface area contributed by atoms with Gasteiger partial charge in [0.1, 0.15) is 5.82 Å². The second-order valence-corrected chi connectivity index (χ2v) is 5.37. The van der Waals surface area contributed by atoms with Crippen molar-refractivity contribution >= 4 is 34.2 Å². The van der Waals surface area contributed by atoms with Crippen LogP contribution in [0.2, 0.25) is 5.02 Å². The average molecular weight is 285 g/mol. The van der Waals surface area contributed by atoms with Gasteiger partial charge >= 0.3 is 0 Å². The molecule has 0 aliphatic carbocycles. The first kappa shape index (κ1) is 13.7. The Kier molecular flexibility index (Phi) is 4.52.